The fourth-order valence-corrected chi connectivity index (χ4v) is 8.91. The number of fused-ring (bicyclic) bond motifs is 4. The smallest absolute Gasteiger partial charge is 0.258 e. The summed E-state index contributed by atoms with van der Waals surface area (Å²) in [7, 11) is 2.76. The molecule has 47 heavy (non-hydrogen) atoms. The van der Waals surface area contributed by atoms with Crippen LogP contribution in [-0.2, 0) is 19.2 Å². The molecule has 7 rings (SSSR count). The van der Waals surface area contributed by atoms with Crippen LogP contribution in [0.5, 0.6) is 17.2 Å². The van der Waals surface area contributed by atoms with Gasteiger partial charge in [0.1, 0.15) is 23.1 Å². The standard InChI is InChI=1S/C34H26BrCl2FN2O7/c1-46-20-13-24(41)27(25(14-20)47-2)28-21-11-12-22-26(30(43)39(29(22)42)18-7-3-16(35)4-8-18)23(21)15-33(36)31(44)40(32(45)34(28,33)37)19-9-5-17(38)6-10-19/h3-11,13-14,22-23,26,28,41H,12,15H2,1-2H3/t22-,23+,26-,28+,33+,34-/m0/s1. The first-order valence-electron chi connectivity index (χ1n) is 14.7. The number of amides is 4. The normalized spacial score (nSPS) is 29.8. The predicted octanol–water partition coefficient (Wildman–Crippen LogP) is 6.08. The molecular weight excluding hydrogens is 718 g/mol. The Balaban J connectivity index is 1.44. The number of phenols is 1. The minimum Gasteiger partial charge on any atom is -0.507 e. The quantitative estimate of drug-likeness (QED) is 0.192. The van der Waals surface area contributed by atoms with Crippen LogP contribution in [0.1, 0.15) is 24.3 Å². The van der Waals surface area contributed by atoms with Crippen molar-refractivity contribution in [3.63, 3.8) is 0 Å². The lowest BCUT2D eigenvalue weighted by Gasteiger charge is -2.50. The first kappa shape index (κ1) is 31.7. The van der Waals surface area contributed by atoms with E-state index in [1.165, 1.54) is 38.5 Å². The molecule has 6 atom stereocenters. The number of methoxy groups -OCH3 is 2. The number of hydrogen-bond donors (Lipinski definition) is 1. The van der Waals surface area contributed by atoms with Gasteiger partial charge >= 0.3 is 0 Å². The van der Waals surface area contributed by atoms with Crippen molar-refractivity contribution in [2.45, 2.75) is 28.5 Å². The molecule has 0 spiro atoms. The van der Waals surface area contributed by atoms with Gasteiger partial charge in [-0.3, -0.25) is 24.1 Å². The van der Waals surface area contributed by atoms with Crippen LogP contribution in [-0.4, -0.2) is 52.7 Å². The number of nitrogens with zero attached hydrogens (tertiary/aromatic N) is 2. The van der Waals surface area contributed by atoms with E-state index in [9.17, 15) is 28.7 Å². The Morgan fingerprint density at radius 3 is 2.15 bits per heavy atom. The van der Waals surface area contributed by atoms with Gasteiger partial charge in [0.2, 0.25) is 11.8 Å². The third kappa shape index (κ3) is 4.32. The van der Waals surface area contributed by atoms with Crippen LogP contribution < -0.4 is 19.3 Å². The number of carbonyl (C=O) groups excluding carboxylic acids is 4. The van der Waals surface area contributed by atoms with Crippen LogP contribution in [0.3, 0.4) is 0 Å². The molecule has 4 aliphatic rings. The molecule has 0 unspecified atom stereocenters. The third-order valence-corrected chi connectivity index (χ3v) is 11.8. The van der Waals surface area contributed by atoms with Crippen LogP contribution in [0.4, 0.5) is 15.8 Å². The summed E-state index contributed by atoms with van der Waals surface area (Å²) in [6.07, 6.45) is 1.63. The molecule has 3 fully saturated rings. The number of ether oxygens (including phenoxy) is 2. The number of phenolic OH excluding ortho intramolecular Hbond substituents is 1. The maximum Gasteiger partial charge on any atom is 0.258 e. The van der Waals surface area contributed by atoms with Crippen molar-refractivity contribution in [2.75, 3.05) is 24.0 Å². The predicted molar refractivity (Wildman–Crippen MR) is 174 cm³/mol. The summed E-state index contributed by atoms with van der Waals surface area (Å²) in [5.41, 5.74) is 0.968. The summed E-state index contributed by atoms with van der Waals surface area (Å²) >= 11 is 18.2. The Hall–Kier alpha value is -3.93. The minimum atomic E-state index is -2.24. The first-order chi connectivity index (χ1) is 22.4. The molecule has 13 heteroatoms. The molecule has 242 valence electrons. The maximum atomic E-state index is 14.6. The van der Waals surface area contributed by atoms with Gasteiger partial charge in [-0.25, -0.2) is 9.29 Å². The topological polar surface area (TPSA) is 113 Å². The number of carbonyl (C=O) groups is 4. The Morgan fingerprint density at radius 1 is 0.872 bits per heavy atom. The number of anilines is 2. The Morgan fingerprint density at radius 2 is 1.51 bits per heavy atom. The monoisotopic (exact) mass is 742 g/mol. The van der Waals surface area contributed by atoms with E-state index in [0.717, 1.165) is 26.4 Å². The van der Waals surface area contributed by atoms with Crippen molar-refractivity contribution in [1.29, 1.82) is 0 Å². The van der Waals surface area contributed by atoms with Gasteiger partial charge < -0.3 is 14.6 Å². The molecule has 1 N–H and O–H groups in total. The van der Waals surface area contributed by atoms with Crippen molar-refractivity contribution >= 4 is 74.1 Å². The molecule has 1 saturated carbocycles. The van der Waals surface area contributed by atoms with E-state index in [1.807, 2.05) is 0 Å². The summed E-state index contributed by atoms with van der Waals surface area (Å²) in [5.74, 6) is -7.06. The summed E-state index contributed by atoms with van der Waals surface area (Å²) in [6.45, 7) is 0. The number of alkyl halides is 2. The average Bonchev–Trinajstić information content (AvgIpc) is 3.39. The van der Waals surface area contributed by atoms with Gasteiger partial charge in [-0.2, -0.15) is 0 Å². The van der Waals surface area contributed by atoms with Crippen molar-refractivity contribution < 1.29 is 38.1 Å². The minimum absolute atomic E-state index is 0.0453. The van der Waals surface area contributed by atoms with Gasteiger partial charge in [0.15, 0.2) is 9.75 Å². The van der Waals surface area contributed by atoms with E-state index in [4.69, 9.17) is 32.7 Å². The van der Waals surface area contributed by atoms with E-state index >= 15 is 0 Å². The first-order valence-corrected chi connectivity index (χ1v) is 16.2. The Bertz CT molecular complexity index is 1910. The maximum absolute atomic E-state index is 14.6. The molecule has 4 amide bonds. The number of halogens is 4. The Labute approximate surface area is 286 Å². The summed E-state index contributed by atoms with van der Waals surface area (Å²) in [5, 5.41) is 11.5. The van der Waals surface area contributed by atoms with Crippen LogP contribution >= 0.6 is 39.1 Å². The second kappa shape index (κ2) is 11.1. The third-order valence-electron chi connectivity index (χ3n) is 9.82. The molecule has 2 aliphatic heterocycles. The molecule has 2 saturated heterocycles. The van der Waals surface area contributed by atoms with Crippen molar-refractivity contribution in [3.8, 4) is 17.2 Å². The van der Waals surface area contributed by atoms with E-state index < -0.39 is 62.9 Å². The molecule has 0 radical (unpaired) electrons. The summed E-state index contributed by atoms with van der Waals surface area (Å²) in [6, 6.07) is 14.3. The van der Waals surface area contributed by atoms with Crippen molar-refractivity contribution in [3.05, 3.63) is 88.2 Å². The summed E-state index contributed by atoms with van der Waals surface area (Å²) < 4.78 is 25.6. The van der Waals surface area contributed by atoms with E-state index in [0.29, 0.717) is 11.3 Å². The van der Waals surface area contributed by atoms with Crippen molar-refractivity contribution in [1.82, 2.24) is 0 Å². The number of rotatable bonds is 5. The van der Waals surface area contributed by atoms with E-state index in [-0.39, 0.29) is 41.3 Å². The van der Waals surface area contributed by atoms with Gasteiger partial charge in [0.05, 0.1) is 37.4 Å². The average molecular weight is 744 g/mol. The lowest BCUT2D eigenvalue weighted by molar-refractivity contribution is -0.125. The SMILES string of the molecule is COc1cc(O)c([C@H]2C3=CC[C@@H]4C(=O)N(c5ccc(Br)cc5)C(=O)[C@@H]4[C@@H]3C[C@@]3(Cl)C(=O)N(c4ccc(F)cc4)C(=O)[C@@]23Cl)c(OC)c1. The van der Waals surface area contributed by atoms with Crippen LogP contribution in [0.2, 0.25) is 0 Å². The fraction of sp³-hybridized carbons (Fsp3) is 0.294. The molecule has 3 aromatic rings. The number of imide groups is 2. The second-order valence-electron chi connectivity index (χ2n) is 12.0. The fourth-order valence-electron chi connectivity index (χ4n) is 7.72. The molecule has 0 bridgehead atoms. The molecule has 0 aromatic heterocycles. The zero-order valence-electron chi connectivity index (χ0n) is 24.9. The van der Waals surface area contributed by atoms with Gasteiger partial charge in [0, 0.05) is 28.1 Å². The second-order valence-corrected chi connectivity index (χ2v) is 14.2. The van der Waals surface area contributed by atoms with Crippen LogP contribution in [0, 0.1) is 23.6 Å². The molecule has 3 aromatic carbocycles. The van der Waals surface area contributed by atoms with Gasteiger partial charge in [-0.15, -0.1) is 23.2 Å². The zero-order valence-corrected chi connectivity index (χ0v) is 28.0. The summed E-state index contributed by atoms with van der Waals surface area (Å²) in [4.78, 5) is 54.6. The van der Waals surface area contributed by atoms with Gasteiger partial charge in [-0.1, -0.05) is 27.6 Å². The highest BCUT2D eigenvalue weighted by atomic mass is 79.9. The highest BCUT2D eigenvalue weighted by Crippen LogP contribution is 2.67. The zero-order chi connectivity index (χ0) is 33.6. The van der Waals surface area contributed by atoms with E-state index in [2.05, 4.69) is 15.9 Å². The highest BCUT2D eigenvalue weighted by molar-refractivity contribution is 9.10. The van der Waals surface area contributed by atoms with Crippen molar-refractivity contribution in [2.24, 2.45) is 17.8 Å². The van der Waals surface area contributed by atoms with E-state index in [1.54, 1.807) is 30.3 Å². The lowest BCUT2D eigenvalue weighted by atomic mass is 9.56. The number of aromatic hydroxyl groups is 1. The van der Waals surface area contributed by atoms with Gasteiger partial charge in [-0.05, 0) is 67.3 Å². The number of benzene rings is 3. The molecule has 2 aliphatic carbocycles. The molecular formula is C34H26BrCl2FN2O7. The van der Waals surface area contributed by atoms with Crippen LogP contribution in [0.25, 0.3) is 0 Å². The number of allylic oxidation sites excluding steroid dienone is 2. The molecule has 9 nitrogen and oxygen atoms in total. The number of hydrogen-bond acceptors (Lipinski definition) is 7. The van der Waals surface area contributed by atoms with Crippen LogP contribution in [0.15, 0.2) is 76.8 Å². The Kier molecular flexibility index (Phi) is 7.46. The van der Waals surface area contributed by atoms with Gasteiger partial charge in [0.25, 0.3) is 11.8 Å². The molecule has 2 heterocycles. The largest absolute Gasteiger partial charge is 0.507 e. The highest BCUT2D eigenvalue weighted by Gasteiger charge is 2.77. The lowest BCUT2D eigenvalue weighted by Crippen LogP contribution is -2.60.